The molecule has 0 aliphatic carbocycles. The number of aliphatic hydroxyl groups excluding tert-OH is 4. The second-order valence-corrected chi connectivity index (χ2v) is 5.81. The van der Waals surface area contributed by atoms with Crippen molar-refractivity contribution in [1.82, 2.24) is 0 Å². The number of rotatable bonds is 12. The lowest BCUT2D eigenvalue weighted by atomic mass is 10.3. The van der Waals surface area contributed by atoms with Crippen molar-refractivity contribution in [3.8, 4) is 0 Å². The van der Waals surface area contributed by atoms with Gasteiger partial charge in [0, 0.05) is 0 Å². The van der Waals surface area contributed by atoms with E-state index in [1.54, 1.807) is 0 Å². The van der Waals surface area contributed by atoms with Crippen molar-refractivity contribution < 1.29 is 99.6 Å². The Balaban J connectivity index is -0.000000190. The van der Waals surface area contributed by atoms with Crippen LogP contribution in [0, 0.1) is 0 Å². The van der Waals surface area contributed by atoms with Gasteiger partial charge in [0.05, 0.1) is 25.7 Å². The van der Waals surface area contributed by atoms with Gasteiger partial charge < -0.3 is 61.3 Å². The Hall–Kier alpha value is -4.40. The smallest absolute Gasteiger partial charge is 0.333 e. The van der Waals surface area contributed by atoms with Gasteiger partial charge >= 0.3 is 47.8 Å². The molecule has 20 nitrogen and oxygen atoms in total. The van der Waals surface area contributed by atoms with Crippen LogP contribution in [0.1, 0.15) is 25.7 Å². The van der Waals surface area contributed by atoms with Gasteiger partial charge in [0.2, 0.25) is 0 Å². The van der Waals surface area contributed by atoms with Gasteiger partial charge in [-0.1, -0.05) is 0 Å². The predicted molar refractivity (Wildman–Crippen MR) is 104 cm³/mol. The summed E-state index contributed by atoms with van der Waals surface area (Å²) in [5, 5.41) is 96.6. The van der Waals surface area contributed by atoms with E-state index < -0.39 is 97.9 Å². The summed E-state index contributed by atoms with van der Waals surface area (Å²) in [6.07, 6.45) is -10.2. The second-order valence-electron chi connectivity index (χ2n) is 5.81. The molecule has 0 aromatic carbocycles. The van der Waals surface area contributed by atoms with Gasteiger partial charge in [-0.2, -0.15) is 0 Å². The van der Waals surface area contributed by atoms with Crippen molar-refractivity contribution in [1.29, 1.82) is 0 Å². The summed E-state index contributed by atoms with van der Waals surface area (Å²) < 4.78 is 0. The lowest BCUT2D eigenvalue weighted by Gasteiger charge is -1.97. The SMILES string of the molecule is O=C(O)CC(O)C(=O)O.O=C(O)CC(O)C(=O)O.O=C(O)CC(O)C(=O)O.O=C(O)CC(O)C(=O)O. The number of hydrogen-bond acceptors (Lipinski definition) is 12. The largest absolute Gasteiger partial charge is 0.481 e. The van der Waals surface area contributed by atoms with E-state index in [0.717, 1.165) is 0 Å². The molecule has 12 N–H and O–H groups in total. The zero-order valence-corrected chi connectivity index (χ0v) is 17.8. The Labute approximate surface area is 198 Å². The second kappa shape index (κ2) is 21.2. The number of hydrogen-bond donors (Lipinski definition) is 12. The average molecular weight is 536 g/mol. The average Bonchev–Trinajstić information content (AvgIpc) is 2.67. The lowest BCUT2D eigenvalue weighted by molar-refractivity contribution is -0.153. The van der Waals surface area contributed by atoms with Crippen molar-refractivity contribution in [2.24, 2.45) is 0 Å². The molecule has 36 heavy (non-hydrogen) atoms. The Morgan fingerprint density at radius 2 is 0.444 bits per heavy atom. The Morgan fingerprint density at radius 3 is 0.472 bits per heavy atom. The molecule has 0 saturated carbocycles. The maximum atomic E-state index is 9.72. The van der Waals surface area contributed by atoms with Gasteiger partial charge in [-0.05, 0) is 0 Å². The van der Waals surface area contributed by atoms with Crippen LogP contribution >= 0.6 is 0 Å². The molecule has 0 fully saturated rings. The highest BCUT2D eigenvalue weighted by Gasteiger charge is 2.18. The number of aliphatic carboxylic acids is 8. The van der Waals surface area contributed by atoms with Crippen molar-refractivity contribution in [2.75, 3.05) is 0 Å². The van der Waals surface area contributed by atoms with E-state index in [4.69, 9.17) is 61.3 Å². The molecule has 4 atom stereocenters. The molecular weight excluding hydrogens is 512 g/mol. The third-order valence-electron chi connectivity index (χ3n) is 2.61. The van der Waals surface area contributed by atoms with Crippen LogP contribution in [0.5, 0.6) is 0 Å². The Morgan fingerprint density at radius 1 is 0.333 bits per heavy atom. The first-order valence-corrected chi connectivity index (χ1v) is 8.66. The molecule has 0 radical (unpaired) electrons. The lowest BCUT2D eigenvalue weighted by Crippen LogP contribution is -2.22. The molecule has 20 heteroatoms. The molecule has 0 aromatic heterocycles. The third-order valence-corrected chi connectivity index (χ3v) is 2.61. The summed E-state index contributed by atoms with van der Waals surface area (Å²) in [7, 11) is 0. The Bertz CT molecular complexity index is 644. The normalized spacial score (nSPS) is 12.6. The highest BCUT2D eigenvalue weighted by Crippen LogP contribution is 1.91. The van der Waals surface area contributed by atoms with Crippen LogP contribution in [0.3, 0.4) is 0 Å². The highest BCUT2D eigenvalue weighted by molar-refractivity contribution is 5.80. The van der Waals surface area contributed by atoms with Gasteiger partial charge in [0.1, 0.15) is 0 Å². The van der Waals surface area contributed by atoms with Crippen LogP contribution in [0.15, 0.2) is 0 Å². The molecular formula is C16H24O20. The van der Waals surface area contributed by atoms with Gasteiger partial charge in [0.25, 0.3) is 0 Å². The molecule has 0 spiro atoms. The first kappa shape index (κ1) is 38.8. The predicted octanol–water partition coefficient (Wildman–Crippen LogP) is -4.37. The summed E-state index contributed by atoms with van der Waals surface area (Å²) in [4.78, 5) is 77.6. The van der Waals surface area contributed by atoms with Crippen molar-refractivity contribution >= 4 is 47.8 Å². The van der Waals surface area contributed by atoms with E-state index in [0.29, 0.717) is 0 Å². The fourth-order valence-electron chi connectivity index (χ4n) is 1.01. The molecule has 0 rings (SSSR count). The molecule has 0 bridgehead atoms. The van der Waals surface area contributed by atoms with E-state index in [1.165, 1.54) is 0 Å². The summed E-state index contributed by atoms with van der Waals surface area (Å²) in [5.74, 6) is -11.4. The van der Waals surface area contributed by atoms with E-state index in [2.05, 4.69) is 0 Å². The summed E-state index contributed by atoms with van der Waals surface area (Å²) >= 11 is 0. The minimum absolute atomic E-state index is 0.755. The van der Waals surface area contributed by atoms with Gasteiger partial charge in [-0.3, -0.25) is 19.2 Å². The molecule has 208 valence electrons. The van der Waals surface area contributed by atoms with Crippen molar-refractivity contribution in [2.45, 2.75) is 50.1 Å². The van der Waals surface area contributed by atoms with E-state index >= 15 is 0 Å². The fourth-order valence-corrected chi connectivity index (χ4v) is 1.01. The molecule has 4 unspecified atom stereocenters. The molecule has 0 aliphatic heterocycles. The van der Waals surface area contributed by atoms with Crippen molar-refractivity contribution in [3.63, 3.8) is 0 Å². The molecule has 0 saturated heterocycles. The monoisotopic (exact) mass is 536 g/mol. The number of carbonyl (C=O) groups is 8. The van der Waals surface area contributed by atoms with E-state index in [9.17, 15) is 38.4 Å². The van der Waals surface area contributed by atoms with Gasteiger partial charge in [-0.15, -0.1) is 0 Å². The van der Waals surface area contributed by atoms with Crippen LogP contribution in [-0.2, 0) is 38.4 Å². The van der Waals surface area contributed by atoms with Crippen LogP contribution < -0.4 is 0 Å². The zero-order chi connectivity index (χ0) is 29.8. The summed E-state index contributed by atoms with van der Waals surface area (Å²) in [5.41, 5.74) is 0. The zero-order valence-electron chi connectivity index (χ0n) is 17.8. The van der Waals surface area contributed by atoms with Crippen LogP contribution in [0.2, 0.25) is 0 Å². The molecule has 0 amide bonds. The minimum atomic E-state index is -1.79. The highest BCUT2D eigenvalue weighted by atomic mass is 16.4. The van der Waals surface area contributed by atoms with Gasteiger partial charge in [-0.25, -0.2) is 19.2 Å². The number of carboxylic acid groups (broad SMARTS) is 8. The first-order valence-electron chi connectivity index (χ1n) is 8.66. The third kappa shape index (κ3) is 31.8. The quantitative estimate of drug-likeness (QED) is 0.112. The van der Waals surface area contributed by atoms with Crippen molar-refractivity contribution in [3.05, 3.63) is 0 Å². The first-order chi connectivity index (χ1) is 16.1. The molecule has 0 aromatic rings. The number of aliphatic hydroxyl groups is 4. The molecule has 0 aliphatic rings. The number of carboxylic acids is 8. The standard InChI is InChI=1S/4C4H6O5/c4*5-2(4(8)9)1-3(6)7/h4*2,5H,1H2,(H,6,7)(H,8,9). The minimum Gasteiger partial charge on any atom is -0.481 e. The van der Waals surface area contributed by atoms with Gasteiger partial charge in [0.15, 0.2) is 24.4 Å². The summed E-state index contributed by atoms with van der Waals surface area (Å²) in [6.45, 7) is 0. The maximum Gasteiger partial charge on any atom is 0.333 e. The van der Waals surface area contributed by atoms with E-state index in [-0.39, 0.29) is 0 Å². The van der Waals surface area contributed by atoms with Crippen LogP contribution in [0.25, 0.3) is 0 Å². The Kier molecular flexibility index (Phi) is 22.8. The topological polar surface area (TPSA) is 379 Å². The van der Waals surface area contributed by atoms with Crippen LogP contribution in [-0.4, -0.2) is 133 Å². The van der Waals surface area contributed by atoms with E-state index in [1.807, 2.05) is 0 Å². The van der Waals surface area contributed by atoms with Crippen LogP contribution in [0.4, 0.5) is 0 Å². The summed E-state index contributed by atoms with van der Waals surface area (Å²) in [6, 6.07) is 0. The maximum absolute atomic E-state index is 9.72. The molecule has 0 heterocycles. The fraction of sp³-hybridized carbons (Fsp3) is 0.500.